The van der Waals surface area contributed by atoms with Gasteiger partial charge < -0.3 is 24.4 Å². The van der Waals surface area contributed by atoms with Crippen LogP contribution < -0.4 is 9.47 Å². The van der Waals surface area contributed by atoms with Crippen LogP contribution in [0.4, 0.5) is 0 Å². The minimum absolute atomic E-state index is 0.0444. The Morgan fingerprint density at radius 1 is 0.967 bits per heavy atom. The second-order valence-corrected chi connectivity index (χ2v) is 7.83. The quantitative estimate of drug-likeness (QED) is 0.415. The van der Waals surface area contributed by atoms with E-state index in [1.165, 1.54) is 6.92 Å². The van der Waals surface area contributed by atoms with Crippen LogP contribution in [0, 0.1) is 0 Å². The van der Waals surface area contributed by atoms with Gasteiger partial charge in [-0.2, -0.15) is 0 Å². The largest absolute Gasteiger partial charge is 0.491 e. The van der Waals surface area contributed by atoms with Crippen molar-refractivity contribution in [2.24, 2.45) is 0 Å². The summed E-state index contributed by atoms with van der Waals surface area (Å²) in [6, 6.07) is 15.4. The van der Waals surface area contributed by atoms with Crippen LogP contribution in [0.2, 0.25) is 0 Å². The van der Waals surface area contributed by atoms with Crippen molar-refractivity contribution < 1.29 is 29.2 Å². The molecule has 0 radical (unpaired) electrons. The number of rotatable bonds is 11. The minimum atomic E-state index is -0.893. The summed E-state index contributed by atoms with van der Waals surface area (Å²) in [5, 5.41) is 18.2. The Balaban J connectivity index is 2.01. The highest BCUT2D eigenvalue weighted by molar-refractivity contribution is 6.18. The van der Waals surface area contributed by atoms with Crippen molar-refractivity contribution in [1.29, 1.82) is 0 Å². The standard InChI is InChI=1S/C23H29ClO6/c1-16(26)30-22(12-24)15-29-21-10-6-18(7-11-21)23(2,3)17-4-8-20(9-5-17)28-14-19(27)13-25/h4-11,19,22,25,27H,12-15H2,1-3H3/t19-,22+/m1/s1. The van der Waals surface area contributed by atoms with Crippen molar-refractivity contribution in [3.8, 4) is 11.5 Å². The molecule has 2 aromatic carbocycles. The SMILES string of the molecule is CC(=O)O[C@@H](CCl)COc1ccc(C(C)(C)c2ccc(OC[C@H](O)CO)cc2)cc1. The lowest BCUT2D eigenvalue weighted by Crippen LogP contribution is -2.25. The number of hydrogen-bond acceptors (Lipinski definition) is 6. The third-order valence-corrected chi connectivity index (χ3v) is 5.09. The molecule has 0 fully saturated rings. The van der Waals surface area contributed by atoms with Crippen molar-refractivity contribution in [3.63, 3.8) is 0 Å². The Morgan fingerprint density at radius 2 is 1.43 bits per heavy atom. The molecule has 164 valence electrons. The zero-order valence-corrected chi connectivity index (χ0v) is 18.3. The summed E-state index contributed by atoms with van der Waals surface area (Å²) in [6.07, 6.45) is -1.38. The summed E-state index contributed by atoms with van der Waals surface area (Å²) < 4.78 is 16.2. The lowest BCUT2D eigenvalue weighted by molar-refractivity contribution is -0.146. The first-order valence-electron chi connectivity index (χ1n) is 9.75. The van der Waals surface area contributed by atoms with Crippen molar-refractivity contribution >= 4 is 17.6 Å². The van der Waals surface area contributed by atoms with E-state index >= 15 is 0 Å². The number of ether oxygens (including phenoxy) is 3. The van der Waals surface area contributed by atoms with E-state index in [1.807, 2.05) is 48.5 Å². The summed E-state index contributed by atoms with van der Waals surface area (Å²) in [6.45, 7) is 5.49. The van der Waals surface area contributed by atoms with Gasteiger partial charge in [0.25, 0.3) is 0 Å². The number of carbonyl (C=O) groups is 1. The van der Waals surface area contributed by atoms with E-state index in [-0.39, 0.29) is 37.1 Å². The third kappa shape index (κ3) is 6.90. The van der Waals surface area contributed by atoms with Gasteiger partial charge in [0.2, 0.25) is 0 Å². The van der Waals surface area contributed by atoms with Crippen LogP contribution >= 0.6 is 11.6 Å². The fourth-order valence-corrected chi connectivity index (χ4v) is 3.03. The predicted molar refractivity (Wildman–Crippen MR) is 115 cm³/mol. The van der Waals surface area contributed by atoms with E-state index in [0.717, 1.165) is 11.1 Å². The van der Waals surface area contributed by atoms with E-state index in [2.05, 4.69) is 13.8 Å². The molecule has 0 aliphatic heterocycles. The molecule has 2 N–H and O–H groups in total. The Kier molecular flexibility index (Phi) is 8.96. The number of hydrogen-bond donors (Lipinski definition) is 2. The molecule has 0 unspecified atom stereocenters. The Hall–Kier alpha value is -2.28. The molecule has 0 aromatic heterocycles. The fraction of sp³-hybridized carbons (Fsp3) is 0.435. The van der Waals surface area contributed by atoms with Gasteiger partial charge in [-0.25, -0.2) is 0 Å². The maximum absolute atomic E-state index is 11.0. The van der Waals surface area contributed by atoms with E-state index < -0.39 is 12.2 Å². The molecule has 2 rings (SSSR count). The number of aliphatic hydroxyl groups is 2. The summed E-state index contributed by atoms with van der Waals surface area (Å²) in [5.74, 6) is 1.08. The van der Waals surface area contributed by atoms with E-state index in [4.69, 9.17) is 30.9 Å². The van der Waals surface area contributed by atoms with Crippen molar-refractivity contribution in [3.05, 3.63) is 59.7 Å². The van der Waals surface area contributed by atoms with Gasteiger partial charge in [-0.05, 0) is 35.4 Å². The van der Waals surface area contributed by atoms with Gasteiger partial charge in [0.05, 0.1) is 12.5 Å². The van der Waals surface area contributed by atoms with E-state index in [0.29, 0.717) is 11.5 Å². The molecule has 0 aliphatic rings. The second kappa shape index (κ2) is 11.2. The maximum atomic E-state index is 11.0. The molecular weight excluding hydrogens is 408 g/mol. The summed E-state index contributed by atoms with van der Waals surface area (Å²) >= 11 is 5.79. The molecule has 0 aliphatic carbocycles. The maximum Gasteiger partial charge on any atom is 0.303 e. The molecular formula is C23H29ClO6. The van der Waals surface area contributed by atoms with Crippen LogP contribution in [0.1, 0.15) is 31.9 Å². The number of esters is 1. The Morgan fingerprint density at radius 3 is 1.83 bits per heavy atom. The van der Waals surface area contributed by atoms with Gasteiger partial charge in [-0.1, -0.05) is 38.1 Å². The molecule has 0 bridgehead atoms. The number of alkyl halides is 1. The smallest absolute Gasteiger partial charge is 0.303 e. The molecule has 2 atom stereocenters. The Bertz CT molecular complexity index is 788. The Labute approximate surface area is 182 Å². The molecule has 6 nitrogen and oxygen atoms in total. The normalized spacial score (nSPS) is 13.4. The highest BCUT2D eigenvalue weighted by Crippen LogP contribution is 2.33. The van der Waals surface area contributed by atoms with Crippen LogP contribution in [0.5, 0.6) is 11.5 Å². The summed E-state index contributed by atoms with van der Waals surface area (Å²) in [4.78, 5) is 11.0. The molecule has 0 amide bonds. The van der Waals surface area contributed by atoms with Crippen molar-refractivity contribution in [2.75, 3.05) is 25.7 Å². The average molecular weight is 437 g/mol. The number of halogens is 1. The minimum Gasteiger partial charge on any atom is -0.491 e. The summed E-state index contributed by atoms with van der Waals surface area (Å²) in [5.41, 5.74) is 1.95. The highest BCUT2D eigenvalue weighted by atomic mass is 35.5. The highest BCUT2D eigenvalue weighted by Gasteiger charge is 2.23. The first-order chi connectivity index (χ1) is 14.3. The van der Waals surface area contributed by atoms with Gasteiger partial charge in [0, 0.05) is 12.3 Å². The lowest BCUT2D eigenvalue weighted by atomic mass is 9.78. The fourth-order valence-electron chi connectivity index (χ4n) is 2.88. The van der Waals surface area contributed by atoms with Crippen LogP contribution in [0.3, 0.4) is 0 Å². The van der Waals surface area contributed by atoms with Gasteiger partial charge in [-0.15, -0.1) is 11.6 Å². The van der Waals surface area contributed by atoms with Crippen molar-refractivity contribution in [2.45, 2.75) is 38.4 Å². The van der Waals surface area contributed by atoms with E-state index in [9.17, 15) is 9.90 Å². The topological polar surface area (TPSA) is 85.2 Å². The molecule has 7 heteroatoms. The molecule has 0 saturated carbocycles. The molecule has 0 heterocycles. The zero-order chi connectivity index (χ0) is 22.1. The van der Waals surface area contributed by atoms with Crippen LogP contribution in [0.25, 0.3) is 0 Å². The number of benzene rings is 2. The van der Waals surface area contributed by atoms with Gasteiger partial charge in [0.1, 0.15) is 36.9 Å². The van der Waals surface area contributed by atoms with Gasteiger partial charge >= 0.3 is 5.97 Å². The molecule has 0 spiro atoms. The van der Waals surface area contributed by atoms with Crippen LogP contribution in [-0.4, -0.2) is 54.1 Å². The predicted octanol–water partition coefficient (Wildman–Crippen LogP) is 3.29. The van der Waals surface area contributed by atoms with Crippen LogP contribution in [-0.2, 0) is 14.9 Å². The van der Waals surface area contributed by atoms with Gasteiger partial charge in [-0.3, -0.25) is 4.79 Å². The van der Waals surface area contributed by atoms with Crippen LogP contribution in [0.15, 0.2) is 48.5 Å². The van der Waals surface area contributed by atoms with E-state index in [1.54, 1.807) is 0 Å². The number of carbonyl (C=O) groups excluding carboxylic acids is 1. The van der Waals surface area contributed by atoms with Gasteiger partial charge in [0.15, 0.2) is 0 Å². The zero-order valence-electron chi connectivity index (χ0n) is 17.5. The molecule has 0 saturated heterocycles. The molecule has 30 heavy (non-hydrogen) atoms. The monoisotopic (exact) mass is 436 g/mol. The third-order valence-electron chi connectivity index (χ3n) is 4.75. The second-order valence-electron chi connectivity index (χ2n) is 7.52. The first kappa shape index (κ1) is 24.0. The van der Waals surface area contributed by atoms with Crippen molar-refractivity contribution in [1.82, 2.24) is 0 Å². The average Bonchev–Trinajstić information content (AvgIpc) is 2.75. The first-order valence-corrected chi connectivity index (χ1v) is 10.3. The number of aliphatic hydroxyl groups excluding tert-OH is 2. The summed E-state index contributed by atoms with van der Waals surface area (Å²) in [7, 11) is 0. The molecule has 2 aromatic rings. The lowest BCUT2D eigenvalue weighted by Gasteiger charge is -2.26.